The molecule has 0 saturated carbocycles. The number of pyridine rings is 1. The third kappa shape index (κ3) is 4.17. The summed E-state index contributed by atoms with van der Waals surface area (Å²) < 4.78 is 5.15. The number of hydrogen-bond acceptors (Lipinski definition) is 7. The number of rotatable bonds is 5. The Morgan fingerprint density at radius 2 is 2.16 bits per heavy atom. The zero-order valence-electron chi connectivity index (χ0n) is 12.6. The van der Waals surface area contributed by atoms with Crippen molar-refractivity contribution in [2.45, 2.75) is 6.42 Å². The van der Waals surface area contributed by atoms with Crippen LogP contribution in [0, 0.1) is 10.1 Å². The van der Waals surface area contributed by atoms with Crippen molar-refractivity contribution in [3.63, 3.8) is 0 Å². The van der Waals surface area contributed by atoms with E-state index in [2.05, 4.69) is 9.97 Å². The van der Waals surface area contributed by atoms with E-state index >= 15 is 0 Å². The van der Waals surface area contributed by atoms with E-state index in [0.29, 0.717) is 10.7 Å². The van der Waals surface area contributed by atoms with Crippen LogP contribution >= 0.6 is 22.9 Å². The lowest BCUT2D eigenvalue weighted by Crippen LogP contribution is -2.11. The minimum absolute atomic E-state index is 0.00463. The summed E-state index contributed by atoms with van der Waals surface area (Å²) in [5.74, 6) is -0.494. The van der Waals surface area contributed by atoms with Crippen molar-refractivity contribution in [2.24, 2.45) is 0 Å². The van der Waals surface area contributed by atoms with Gasteiger partial charge in [-0.25, -0.2) is 4.98 Å². The normalized spacial score (nSPS) is 10.4. The zero-order chi connectivity index (χ0) is 17.8. The van der Waals surface area contributed by atoms with Crippen LogP contribution < -0.4 is 4.74 Å². The number of benzene rings is 1. The van der Waals surface area contributed by atoms with Crippen LogP contribution in [-0.4, -0.2) is 20.9 Å². The van der Waals surface area contributed by atoms with Crippen LogP contribution in [0.25, 0.3) is 10.7 Å². The van der Waals surface area contributed by atoms with Gasteiger partial charge in [-0.2, -0.15) is 0 Å². The van der Waals surface area contributed by atoms with Crippen LogP contribution in [0.2, 0.25) is 5.02 Å². The molecule has 25 heavy (non-hydrogen) atoms. The monoisotopic (exact) mass is 375 g/mol. The Morgan fingerprint density at radius 1 is 1.32 bits per heavy atom. The van der Waals surface area contributed by atoms with Crippen molar-refractivity contribution in [3.05, 3.63) is 68.8 Å². The summed E-state index contributed by atoms with van der Waals surface area (Å²) in [6.45, 7) is 0. The molecular formula is C16H10ClN3O4S. The van der Waals surface area contributed by atoms with Gasteiger partial charge in [0.25, 0.3) is 5.69 Å². The molecule has 0 radical (unpaired) electrons. The lowest BCUT2D eigenvalue weighted by Gasteiger charge is -2.05. The smallest absolute Gasteiger partial charge is 0.317 e. The molecule has 0 spiro atoms. The van der Waals surface area contributed by atoms with Gasteiger partial charge >= 0.3 is 5.97 Å². The summed E-state index contributed by atoms with van der Waals surface area (Å²) in [5.41, 5.74) is 1.10. The molecule has 1 aromatic carbocycles. The van der Waals surface area contributed by atoms with E-state index < -0.39 is 10.9 Å². The molecule has 2 aromatic heterocycles. The van der Waals surface area contributed by atoms with Gasteiger partial charge < -0.3 is 4.74 Å². The van der Waals surface area contributed by atoms with Crippen LogP contribution in [0.5, 0.6) is 5.75 Å². The molecule has 0 aliphatic heterocycles. The Bertz CT molecular complexity index is 930. The van der Waals surface area contributed by atoms with Crippen molar-refractivity contribution in [1.82, 2.24) is 9.97 Å². The Morgan fingerprint density at radius 3 is 2.84 bits per heavy atom. The van der Waals surface area contributed by atoms with E-state index in [1.807, 2.05) is 18.2 Å². The maximum atomic E-state index is 12.0. The fourth-order valence-electron chi connectivity index (χ4n) is 1.99. The second-order valence-corrected chi connectivity index (χ2v) is 6.15. The molecule has 0 aliphatic carbocycles. The quantitative estimate of drug-likeness (QED) is 0.290. The first-order valence-corrected chi connectivity index (χ1v) is 8.29. The van der Waals surface area contributed by atoms with Crippen LogP contribution in [0.15, 0.2) is 48.0 Å². The number of nitrogens with zero attached hydrogens (tertiary/aromatic N) is 3. The minimum Gasteiger partial charge on any atom is -0.425 e. The molecule has 0 amide bonds. The zero-order valence-corrected chi connectivity index (χ0v) is 14.2. The molecular weight excluding hydrogens is 366 g/mol. The van der Waals surface area contributed by atoms with E-state index in [9.17, 15) is 14.9 Å². The SMILES string of the molecule is O=C(Cc1csc(-c2ccccn2)n1)Oc1ccc([N+](=O)[O-])cc1Cl. The molecule has 3 rings (SSSR count). The van der Waals surface area contributed by atoms with E-state index in [1.165, 1.54) is 23.5 Å². The number of aromatic nitrogens is 2. The molecule has 9 heteroatoms. The van der Waals surface area contributed by atoms with Crippen molar-refractivity contribution in [2.75, 3.05) is 0 Å². The van der Waals surface area contributed by atoms with Crippen molar-refractivity contribution in [1.29, 1.82) is 0 Å². The molecule has 0 N–H and O–H groups in total. The summed E-state index contributed by atoms with van der Waals surface area (Å²) in [7, 11) is 0. The van der Waals surface area contributed by atoms with Crippen LogP contribution in [-0.2, 0) is 11.2 Å². The molecule has 0 fully saturated rings. The van der Waals surface area contributed by atoms with Gasteiger partial charge in [0.05, 0.1) is 27.8 Å². The van der Waals surface area contributed by atoms with Gasteiger partial charge in [0.15, 0.2) is 0 Å². The van der Waals surface area contributed by atoms with Crippen molar-refractivity contribution in [3.8, 4) is 16.5 Å². The highest BCUT2D eigenvalue weighted by atomic mass is 35.5. The minimum atomic E-state index is -0.577. The molecule has 126 valence electrons. The third-order valence-corrected chi connectivity index (χ3v) is 4.32. The Labute approximate surface area is 151 Å². The fourth-order valence-corrected chi connectivity index (χ4v) is 3.00. The molecule has 0 aliphatic rings. The fraction of sp³-hybridized carbons (Fsp3) is 0.0625. The van der Waals surface area contributed by atoms with Gasteiger partial charge in [-0.05, 0) is 18.2 Å². The number of ether oxygens (including phenoxy) is 1. The number of carbonyl (C=O) groups excluding carboxylic acids is 1. The Hall–Kier alpha value is -2.84. The Balaban J connectivity index is 1.67. The number of esters is 1. The van der Waals surface area contributed by atoms with Crippen molar-refractivity contribution >= 4 is 34.6 Å². The Kier molecular flexibility index (Phi) is 5.01. The molecule has 0 unspecified atom stereocenters. The second-order valence-electron chi connectivity index (χ2n) is 4.88. The van der Waals surface area contributed by atoms with Gasteiger partial charge in [-0.15, -0.1) is 11.3 Å². The topological polar surface area (TPSA) is 95.2 Å². The average Bonchev–Trinajstić information content (AvgIpc) is 3.05. The highest BCUT2D eigenvalue weighted by Gasteiger charge is 2.15. The van der Waals surface area contributed by atoms with Gasteiger partial charge in [-0.1, -0.05) is 17.7 Å². The maximum absolute atomic E-state index is 12.0. The summed E-state index contributed by atoms with van der Waals surface area (Å²) >= 11 is 7.28. The molecule has 0 bridgehead atoms. The summed E-state index contributed by atoms with van der Waals surface area (Å²) in [5, 5.41) is 13.1. The standard InChI is InChI=1S/C16H10ClN3O4S/c17-12-8-11(20(22)23)4-5-14(12)24-15(21)7-10-9-25-16(19-10)13-3-1-2-6-18-13/h1-6,8-9H,7H2. The summed E-state index contributed by atoms with van der Waals surface area (Å²) in [4.78, 5) is 30.7. The lowest BCUT2D eigenvalue weighted by molar-refractivity contribution is -0.384. The van der Waals surface area contributed by atoms with Gasteiger partial charge in [0.2, 0.25) is 0 Å². The predicted molar refractivity (Wildman–Crippen MR) is 92.8 cm³/mol. The highest BCUT2D eigenvalue weighted by Crippen LogP contribution is 2.29. The number of nitro groups is 1. The third-order valence-electron chi connectivity index (χ3n) is 3.11. The van der Waals surface area contributed by atoms with Gasteiger partial charge in [0.1, 0.15) is 10.8 Å². The number of nitro benzene ring substituents is 1. The molecule has 7 nitrogen and oxygen atoms in total. The molecule has 3 aromatic rings. The second kappa shape index (κ2) is 7.37. The van der Waals surface area contributed by atoms with E-state index in [0.717, 1.165) is 11.8 Å². The van der Waals surface area contributed by atoms with Gasteiger partial charge in [0, 0.05) is 23.7 Å². The number of non-ortho nitro benzene ring substituents is 1. The first kappa shape index (κ1) is 17.0. The first-order chi connectivity index (χ1) is 12.0. The average molecular weight is 376 g/mol. The number of carbonyl (C=O) groups is 1. The van der Waals surface area contributed by atoms with Crippen molar-refractivity contribution < 1.29 is 14.5 Å². The maximum Gasteiger partial charge on any atom is 0.317 e. The number of thiazole rings is 1. The van der Waals surface area contributed by atoms with Gasteiger partial charge in [-0.3, -0.25) is 19.9 Å². The number of halogens is 1. The van der Waals surface area contributed by atoms with Crippen LogP contribution in [0.4, 0.5) is 5.69 Å². The largest absolute Gasteiger partial charge is 0.425 e. The summed E-state index contributed by atoms with van der Waals surface area (Å²) in [6, 6.07) is 9.14. The molecule has 2 heterocycles. The highest BCUT2D eigenvalue weighted by molar-refractivity contribution is 7.13. The van der Waals surface area contributed by atoms with Crippen LogP contribution in [0.3, 0.4) is 0 Å². The van der Waals surface area contributed by atoms with E-state index in [1.54, 1.807) is 11.6 Å². The first-order valence-electron chi connectivity index (χ1n) is 7.03. The predicted octanol–water partition coefficient (Wildman–Crippen LogP) is 3.91. The van der Waals surface area contributed by atoms with E-state index in [4.69, 9.17) is 16.3 Å². The number of hydrogen-bond donors (Lipinski definition) is 0. The van der Waals surface area contributed by atoms with E-state index in [-0.39, 0.29) is 22.9 Å². The summed E-state index contributed by atoms with van der Waals surface area (Å²) in [6.07, 6.45) is 1.62. The van der Waals surface area contributed by atoms with Crippen LogP contribution in [0.1, 0.15) is 5.69 Å². The molecule has 0 atom stereocenters. The lowest BCUT2D eigenvalue weighted by atomic mass is 10.3. The molecule has 0 saturated heterocycles.